The summed E-state index contributed by atoms with van der Waals surface area (Å²) in [6, 6.07) is 13.6. The lowest BCUT2D eigenvalue weighted by atomic mass is 9.94. The Hall–Kier alpha value is -3.09. The molecule has 2 N–H and O–H groups in total. The molecule has 0 saturated carbocycles. The third-order valence-electron chi connectivity index (χ3n) is 6.25. The van der Waals surface area contributed by atoms with Crippen molar-refractivity contribution in [2.24, 2.45) is 7.05 Å². The van der Waals surface area contributed by atoms with E-state index in [1.165, 1.54) is 7.11 Å². The van der Waals surface area contributed by atoms with Crippen LogP contribution in [0.4, 0.5) is 0 Å². The smallest absolute Gasteiger partial charge is 0.201 e. The van der Waals surface area contributed by atoms with Crippen LogP contribution in [0.15, 0.2) is 47.3 Å². The summed E-state index contributed by atoms with van der Waals surface area (Å²) in [5.41, 5.74) is 0.886. The number of fused-ring (bicyclic) bond motifs is 5. The second-order valence-electron chi connectivity index (χ2n) is 8.21. The highest BCUT2D eigenvalue weighted by Gasteiger charge is 2.40. The summed E-state index contributed by atoms with van der Waals surface area (Å²) in [5, 5.41) is 23.3. The van der Waals surface area contributed by atoms with Gasteiger partial charge in [0.1, 0.15) is 23.2 Å². The Kier molecular flexibility index (Phi) is 4.07. The number of nitrogens with zero attached hydrogens (tertiary/aromatic N) is 1. The van der Waals surface area contributed by atoms with Crippen molar-refractivity contribution in [2.45, 2.75) is 25.0 Å². The highest BCUT2D eigenvalue weighted by atomic mass is 16.5. The fourth-order valence-corrected chi connectivity index (χ4v) is 4.49. The summed E-state index contributed by atoms with van der Waals surface area (Å²) in [6.45, 7) is 1.12. The van der Waals surface area contributed by atoms with Crippen LogP contribution in [0.1, 0.15) is 12.5 Å². The van der Waals surface area contributed by atoms with Crippen molar-refractivity contribution < 1.29 is 19.7 Å². The minimum atomic E-state index is -1.40. The Morgan fingerprint density at radius 2 is 1.93 bits per heavy atom. The van der Waals surface area contributed by atoms with Crippen molar-refractivity contribution in [1.82, 2.24) is 4.57 Å². The third-order valence-corrected chi connectivity index (χ3v) is 6.25. The lowest BCUT2D eigenvalue weighted by Crippen LogP contribution is -2.45. The normalized spacial score (nSPS) is 17.8. The van der Waals surface area contributed by atoms with Gasteiger partial charge in [0.05, 0.1) is 30.1 Å². The zero-order chi connectivity index (χ0) is 21.2. The maximum atomic E-state index is 13.6. The Morgan fingerprint density at radius 1 is 1.23 bits per heavy atom. The van der Waals surface area contributed by atoms with Crippen molar-refractivity contribution in [3.05, 3.63) is 58.3 Å². The zero-order valence-electron chi connectivity index (χ0n) is 17.1. The molecule has 1 aliphatic heterocycles. The number of aliphatic hydroxyl groups excluding tert-OH is 1. The number of benzene rings is 3. The quantitative estimate of drug-likeness (QED) is 0.513. The van der Waals surface area contributed by atoms with Gasteiger partial charge in [-0.15, -0.1) is 0 Å². The van der Waals surface area contributed by atoms with Crippen LogP contribution < -0.4 is 14.9 Å². The lowest BCUT2D eigenvalue weighted by molar-refractivity contribution is -0.0729. The second kappa shape index (κ2) is 6.45. The summed E-state index contributed by atoms with van der Waals surface area (Å²) in [5.74, 6) is 0.997. The van der Waals surface area contributed by atoms with Gasteiger partial charge in [-0.2, -0.15) is 0 Å². The van der Waals surface area contributed by atoms with E-state index in [4.69, 9.17) is 9.47 Å². The van der Waals surface area contributed by atoms with Crippen molar-refractivity contribution in [2.75, 3.05) is 13.7 Å². The minimum Gasteiger partial charge on any atom is -0.496 e. The first kappa shape index (κ1) is 18.9. The number of hydrogen-bond acceptors (Lipinski definition) is 5. The van der Waals surface area contributed by atoms with Gasteiger partial charge < -0.3 is 24.3 Å². The van der Waals surface area contributed by atoms with E-state index in [0.717, 1.165) is 27.4 Å². The molecule has 0 saturated heterocycles. The topological polar surface area (TPSA) is 80.9 Å². The Balaban J connectivity index is 1.89. The molecule has 2 atom stereocenters. The molecule has 5 rings (SSSR count). The Labute approximate surface area is 172 Å². The molecule has 6 nitrogen and oxygen atoms in total. The molecule has 3 aromatic carbocycles. The van der Waals surface area contributed by atoms with Crippen LogP contribution in [0.25, 0.3) is 32.6 Å². The first-order valence-electron chi connectivity index (χ1n) is 9.90. The van der Waals surface area contributed by atoms with E-state index in [2.05, 4.69) is 0 Å². The van der Waals surface area contributed by atoms with Crippen molar-refractivity contribution in [1.29, 1.82) is 0 Å². The minimum absolute atomic E-state index is 0.0964. The first-order chi connectivity index (χ1) is 14.4. The molecular formula is C24H23NO5. The van der Waals surface area contributed by atoms with Crippen LogP contribution in [0.3, 0.4) is 0 Å². The van der Waals surface area contributed by atoms with Gasteiger partial charge >= 0.3 is 0 Å². The molecule has 30 heavy (non-hydrogen) atoms. The van der Waals surface area contributed by atoms with Gasteiger partial charge in [0.2, 0.25) is 5.43 Å². The predicted octanol–water partition coefficient (Wildman–Crippen LogP) is 2.90. The first-order valence-corrected chi connectivity index (χ1v) is 9.90. The lowest BCUT2D eigenvalue weighted by Gasteiger charge is -2.26. The zero-order valence-corrected chi connectivity index (χ0v) is 17.1. The Bertz CT molecular complexity index is 1390. The van der Waals surface area contributed by atoms with E-state index < -0.39 is 18.3 Å². The van der Waals surface area contributed by atoms with Crippen LogP contribution in [0, 0.1) is 0 Å². The fraction of sp³-hybridized carbons (Fsp3) is 0.292. The Morgan fingerprint density at radius 3 is 2.60 bits per heavy atom. The monoisotopic (exact) mass is 405 g/mol. The molecular weight excluding hydrogens is 382 g/mol. The molecule has 0 fully saturated rings. The number of methoxy groups -OCH3 is 1. The van der Waals surface area contributed by atoms with Crippen molar-refractivity contribution in [3.63, 3.8) is 0 Å². The number of pyridine rings is 1. The molecule has 154 valence electrons. The van der Waals surface area contributed by atoms with Crippen LogP contribution in [0.5, 0.6) is 11.5 Å². The van der Waals surface area contributed by atoms with Gasteiger partial charge in [-0.3, -0.25) is 4.79 Å². The van der Waals surface area contributed by atoms with E-state index in [0.29, 0.717) is 28.7 Å². The molecule has 0 spiro atoms. The summed E-state index contributed by atoms with van der Waals surface area (Å²) in [4.78, 5) is 13.6. The summed E-state index contributed by atoms with van der Waals surface area (Å²) >= 11 is 0. The SMILES string of the molecule is COc1cc2c(c3c1c(=O)c1cc4ccccc4cc1n3C)C[C@H]([C@@](C)(O)CO)O2. The molecule has 4 aromatic rings. The summed E-state index contributed by atoms with van der Waals surface area (Å²) in [6.07, 6.45) is -0.231. The highest BCUT2D eigenvalue weighted by molar-refractivity contribution is 6.04. The van der Waals surface area contributed by atoms with Crippen LogP contribution in [0.2, 0.25) is 0 Å². The average molecular weight is 405 g/mol. The second-order valence-corrected chi connectivity index (χ2v) is 8.21. The van der Waals surface area contributed by atoms with Crippen LogP contribution in [-0.2, 0) is 13.5 Å². The van der Waals surface area contributed by atoms with Gasteiger partial charge in [0.15, 0.2) is 0 Å². The van der Waals surface area contributed by atoms with Gasteiger partial charge in [-0.1, -0.05) is 24.3 Å². The molecule has 2 heterocycles. The number of rotatable bonds is 3. The molecule has 1 aliphatic rings. The molecule has 1 aromatic heterocycles. The largest absolute Gasteiger partial charge is 0.496 e. The average Bonchev–Trinajstić information content (AvgIpc) is 3.20. The van der Waals surface area contributed by atoms with E-state index >= 15 is 0 Å². The predicted molar refractivity (Wildman–Crippen MR) is 117 cm³/mol. The number of ether oxygens (including phenoxy) is 2. The van der Waals surface area contributed by atoms with Gasteiger partial charge in [0, 0.05) is 30.5 Å². The standard InChI is InChI=1S/C24H23NO5/c1-24(28,12-26)20-10-16-18(30-20)11-19(29-3)21-22(16)25(2)17-9-14-7-5-4-6-13(14)8-15(17)23(21)27/h4-9,11,20,26,28H,10,12H2,1-3H3/t20-,24+/m1/s1. The van der Waals surface area contributed by atoms with Crippen molar-refractivity contribution in [3.8, 4) is 11.5 Å². The van der Waals surface area contributed by atoms with Crippen molar-refractivity contribution >= 4 is 32.6 Å². The van der Waals surface area contributed by atoms with Gasteiger partial charge in [0.25, 0.3) is 0 Å². The molecule has 0 bridgehead atoms. The number of aryl methyl sites for hydroxylation is 1. The molecule has 0 aliphatic carbocycles. The summed E-state index contributed by atoms with van der Waals surface area (Å²) in [7, 11) is 3.46. The van der Waals surface area contributed by atoms with Crippen LogP contribution >= 0.6 is 0 Å². The molecule has 0 amide bonds. The number of aromatic nitrogens is 1. The van der Waals surface area contributed by atoms with Crippen LogP contribution in [-0.4, -0.2) is 40.2 Å². The highest BCUT2D eigenvalue weighted by Crippen LogP contribution is 2.42. The van der Waals surface area contributed by atoms with E-state index in [-0.39, 0.29) is 5.43 Å². The van der Waals surface area contributed by atoms with Gasteiger partial charge in [-0.25, -0.2) is 0 Å². The van der Waals surface area contributed by atoms with Gasteiger partial charge in [-0.05, 0) is 29.8 Å². The van der Waals surface area contributed by atoms with E-state index in [1.54, 1.807) is 13.0 Å². The maximum absolute atomic E-state index is 13.6. The third kappa shape index (κ3) is 2.54. The fourth-order valence-electron chi connectivity index (χ4n) is 4.49. The number of hydrogen-bond donors (Lipinski definition) is 2. The molecule has 6 heteroatoms. The summed E-state index contributed by atoms with van der Waals surface area (Å²) < 4.78 is 13.6. The maximum Gasteiger partial charge on any atom is 0.201 e. The molecule has 0 radical (unpaired) electrons. The number of aliphatic hydroxyl groups is 2. The van der Waals surface area contributed by atoms with E-state index in [1.807, 2.05) is 48.0 Å². The molecule has 0 unspecified atom stereocenters. The van der Waals surface area contributed by atoms with E-state index in [9.17, 15) is 15.0 Å².